The minimum atomic E-state index is -0.197. The number of nitrogens with one attached hydrogen (secondary N) is 3. The standard InChI is InChI=1S/C28H25N3O2/c32-27(31-26-18-10-7-15-23(26)22-13-5-2-6-14-22)20-29-25-17-9-8-16-24(25)28(33)30-19-21-11-3-1-4-12-21/h1-18,29H,19-20H2,(H,30,33)(H,31,32). The van der Waals surface area contributed by atoms with Gasteiger partial charge in [0.05, 0.1) is 12.1 Å². The molecule has 164 valence electrons. The average molecular weight is 436 g/mol. The quantitative estimate of drug-likeness (QED) is 0.350. The first kappa shape index (κ1) is 21.8. The molecule has 2 amide bonds. The summed E-state index contributed by atoms with van der Waals surface area (Å²) in [7, 11) is 0. The van der Waals surface area contributed by atoms with Crippen molar-refractivity contribution in [2.75, 3.05) is 17.2 Å². The molecule has 5 nitrogen and oxygen atoms in total. The zero-order chi connectivity index (χ0) is 22.9. The molecule has 0 saturated carbocycles. The Bertz CT molecular complexity index is 1220. The average Bonchev–Trinajstić information content (AvgIpc) is 2.88. The van der Waals surface area contributed by atoms with Crippen molar-refractivity contribution in [3.8, 4) is 11.1 Å². The summed E-state index contributed by atoms with van der Waals surface area (Å²) in [6, 6.07) is 34.5. The first-order valence-electron chi connectivity index (χ1n) is 10.8. The van der Waals surface area contributed by atoms with E-state index in [9.17, 15) is 9.59 Å². The van der Waals surface area contributed by atoms with Gasteiger partial charge in [0.15, 0.2) is 0 Å². The molecular weight excluding hydrogens is 410 g/mol. The van der Waals surface area contributed by atoms with Gasteiger partial charge < -0.3 is 16.0 Å². The molecule has 0 aliphatic heterocycles. The van der Waals surface area contributed by atoms with Gasteiger partial charge in [-0.1, -0.05) is 91.0 Å². The molecule has 4 aromatic carbocycles. The number of hydrogen-bond acceptors (Lipinski definition) is 3. The molecule has 0 aromatic heterocycles. The lowest BCUT2D eigenvalue weighted by Crippen LogP contribution is -2.26. The lowest BCUT2D eigenvalue weighted by atomic mass is 10.0. The minimum absolute atomic E-state index is 0.0338. The van der Waals surface area contributed by atoms with E-state index in [0.717, 1.165) is 22.4 Å². The maximum Gasteiger partial charge on any atom is 0.253 e. The highest BCUT2D eigenvalue weighted by Crippen LogP contribution is 2.27. The topological polar surface area (TPSA) is 70.2 Å². The van der Waals surface area contributed by atoms with Crippen LogP contribution in [0.3, 0.4) is 0 Å². The molecule has 0 radical (unpaired) electrons. The molecule has 0 aliphatic carbocycles. The Labute approximate surface area is 193 Å². The Balaban J connectivity index is 1.39. The molecule has 4 aromatic rings. The van der Waals surface area contributed by atoms with Crippen LogP contribution in [-0.4, -0.2) is 18.4 Å². The summed E-state index contributed by atoms with van der Waals surface area (Å²) in [5.74, 6) is -0.394. The van der Waals surface area contributed by atoms with Crippen LogP contribution in [0.5, 0.6) is 0 Å². The molecule has 4 rings (SSSR count). The highest BCUT2D eigenvalue weighted by molar-refractivity contribution is 6.01. The first-order valence-corrected chi connectivity index (χ1v) is 10.8. The van der Waals surface area contributed by atoms with Crippen molar-refractivity contribution in [2.24, 2.45) is 0 Å². The van der Waals surface area contributed by atoms with Crippen LogP contribution >= 0.6 is 0 Å². The van der Waals surface area contributed by atoms with Gasteiger partial charge in [-0.05, 0) is 29.3 Å². The van der Waals surface area contributed by atoms with Crippen LogP contribution in [0.1, 0.15) is 15.9 Å². The monoisotopic (exact) mass is 435 g/mol. The minimum Gasteiger partial charge on any atom is -0.376 e. The van der Waals surface area contributed by atoms with E-state index in [-0.39, 0.29) is 18.4 Å². The molecular formula is C28H25N3O2. The van der Waals surface area contributed by atoms with E-state index in [2.05, 4.69) is 16.0 Å². The largest absolute Gasteiger partial charge is 0.376 e. The van der Waals surface area contributed by atoms with Crippen molar-refractivity contribution >= 4 is 23.2 Å². The fourth-order valence-corrected chi connectivity index (χ4v) is 3.54. The number of para-hydroxylation sites is 2. The molecule has 5 heteroatoms. The maximum atomic E-state index is 12.7. The predicted octanol–water partition coefficient (Wildman–Crippen LogP) is 5.33. The number of rotatable bonds is 8. The fourth-order valence-electron chi connectivity index (χ4n) is 3.54. The van der Waals surface area contributed by atoms with Crippen LogP contribution < -0.4 is 16.0 Å². The van der Waals surface area contributed by atoms with Crippen LogP contribution in [0.4, 0.5) is 11.4 Å². The second-order valence-electron chi connectivity index (χ2n) is 7.53. The summed E-state index contributed by atoms with van der Waals surface area (Å²) in [6.07, 6.45) is 0. The smallest absolute Gasteiger partial charge is 0.253 e. The van der Waals surface area contributed by atoms with Gasteiger partial charge in [0.1, 0.15) is 0 Å². The molecule has 0 fully saturated rings. The number of amides is 2. The third kappa shape index (κ3) is 5.86. The third-order valence-corrected chi connectivity index (χ3v) is 5.19. The van der Waals surface area contributed by atoms with E-state index in [0.29, 0.717) is 17.8 Å². The van der Waals surface area contributed by atoms with E-state index in [1.165, 1.54) is 0 Å². The number of carbonyl (C=O) groups excluding carboxylic acids is 2. The van der Waals surface area contributed by atoms with Gasteiger partial charge >= 0.3 is 0 Å². The number of carbonyl (C=O) groups is 2. The summed E-state index contributed by atoms with van der Waals surface area (Å²) in [4.78, 5) is 25.4. The molecule has 33 heavy (non-hydrogen) atoms. The van der Waals surface area contributed by atoms with Crippen molar-refractivity contribution in [2.45, 2.75) is 6.54 Å². The Morgan fingerprint density at radius 3 is 2.00 bits per heavy atom. The predicted molar refractivity (Wildman–Crippen MR) is 133 cm³/mol. The normalized spacial score (nSPS) is 10.3. The fraction of sp³-hybridized carbons (Fsp3) is 0.0714. The van der Waals surface area contributed by atoms with Crippen molar-refractivity contribution in [3.63, 3.8) is 0 Å². The van der Waals surface area contributed by atoms with E-state index in [4.69, 9.17) is 0 Å². The van der Waals surface area contributed by atoms with Gasteiger partial charge in [0.2, 0.25) is 5.91 Å². The molecule has 0 unspecified atom stereocenters. The van der Waals surface area contributed by atoms with Crippen LogP contribution in [0.2, 0.25) is 0 Å². The summed E-state index contributed by atoms with van der Waals surface area (Å²) in [5, 5.41) is 9.00. The zero-order valence-corrected chi connectivity index (χ0v) is 18.1. The SMILES string of the molecule is O=C(CNc1ccccc1C(=O)NCc1ccccc1)Nc1ccccc1-c1ccccc1. The molecule has 0 bridgehead atoms. The number of hydrogen-bond donors (Lipinski definition) is 3. The van der Waals surface area contributed by atoms with E-state index >= 15 is 0 Å². The molecule has 0 heterocycles. The number of anilines is 2. The van der Waals surface area contributed by atoms with Crippen molar-refractivity contribution in [3.05, 3.63) is 120 Å². The van der Waals surface area contributed by atoms with Crippen molar-refractivity contribution in [1.29, 1.82) is 0 Å². The maximum absolute atomic E-state index is 12.7. The van der Waals surface area contributed by atoms with E-state index in [1.807, 2.05) is 91.0 Å². The summed E-state index contributed by atoms with van der Waals surface area (Å²) in [6.45, 7) is 0.469. The molecule has 0 aliphatic rings. The first-order chi connectivity index (χ1) is 16.2. The van der Waals surface area contributed by atoms with Gasteiger partial charge in [-0.25, -0.2) is 0 Å². The van der Waals surface area contributed by atoms with Gasteiger partial charge in [0, 0.05) is 23.5 Å². The second kappa shape index (κ2) is 10.8. The summed E-state index contributed by atoms with van der Waals surface area (Å²) in [5.41, 5.74) is 4.84. The van der Waals surface area contributed by atoms with Gasteiger partial charge in [0.25, 0.3) is 5.91 Å². The molecule has 0 spiro atoms. The second-order valence-corrected chi connectivity index (χ2v) is 7.53. The highest BCUT2D eigenvalue weighted by Gasteiger charge is 2.13. The van der Waals surface area contributed by atoms with Gasteiger partial charge in [-0.3, -0.25) is 9.59 Å². The zero-order valence-electron chi connectivity index (χ0n) is 18.1. The number of benzene rings is 4. The lowest BCUT2D eigenvalue weighted by Gasteiger charge is -2.14. The van der Waals surface area contributed by atoms with Crippen LogP contribution in [-0.2, 0) is 11.3 Å². The van der Waals surface area contributed by atoms with Gasteiger partial charge in [-0.15, -0.1) is 0 Å². The Morgan fingerprint density at radius 2 is 1.24 bits per heavy atom. The molecule has 3 N–H and O–H groups in total. The summed E-state index contributed by atoms with van der Waals surface area (Å²) >= 11 is 0. The van der Waals surface area contributed by atoms with Crippen molar-refractivity contribution < 1.29 is 9.59 Å². The Morgan fingerprint density at radius 1 is 0.636 bits per heavy atom. The molecule has 0 saturated heterocycles. The Hall–Kier alpha value is -4.38. The van der Waals surface area contributed by atoms with E-state index < -0.39 is 0 Å². The highest BCUT2D eigenvalue weighted by atomic mass is 16.2. The lowest BCUT2D eigenvalue weighted by molar-refractivity contribution is -0.114. The van der Waals surface area contributed by atoms with Gasteiger partial charge in [-0.2, -0.15) is 0 Å². The molecule has 0 atom stereocenters. The van der Waals surface area contributed by atoms with Crippen LogP contribution in [0.25, 0.3) is 11.1 Å². The van der Waals surface area contributed by atoms with Crippen LogP contribution in [0, 0.1) is 0 Å². The third-order valence-electron chi connectivity index (χ3n) is 5.19. The van der Waals surface area contributed by atoms with Crippen LogP contribution in [0.15, 0.2) is 109 Å². The van der Waals surface area contributed by atoms with Crippen molar-refractivity contribution in [1.82, 2.24) is 5.32 Å². The summed E-state index contributed by atoms with van der Waals surface area (Å²) < 4.78 is 0. The van der Waals surface area contributed by atoms with E-state index in [1.54, 1.807) is 18.2 Å². The Kier molecular flexibility index (Phi) is 7.13.